The number of amides is 2. The Kier molecular flexibility index (Phi) is 7.18. The fourth-order valence-corrected chi connectivity index (χ4v) is 5.99. The van der Waals surface area contributed by atoms with Crippen LogP contribution in [-0.2, 0) is 35.4 Å². The van der Waals surface area contributed by atoms with E-state index in [1.165, 1.54) is 11.1 Å². The summed E-state index contributed by atoms with van der Waals surface area (Å²) in [7, 11) is 0. The second-order valence-corrected chi connectivity index (χ2v) is 10.4. The Morgan fingerprint density at radius 3 is 2.74 bits per heavy atom. The molecule has 1 fully saturated rings. The zero-order valence-electron chi connectivity index (χ0n) is 19.5. The highest BCUT2D eigenvalue weighted by Gasteiger charge is 2.23. The highest BCUT2D eigenvalue weighted by Crippen LogP contribution is 2.24. The van der Waals surface area contributed by atoms with Gasteiger partial charge in [-0.2, -0.15) is 0 Å². The first kappa shape index (κ1) is 23.0. The van der Waals surface area contributed by atoms with Crippen molar-refractivity contribution in [3.8, 4) is 0 Å². The Balaban J connectivity index is 1.10. The first-order chi connectivity index (χ1) is 16.7. The van der Waals surface area contributed by atoms with Crippen molar-refractivity contribution in [3.05, 3.63) is 40.9 Å². The predicted molar refractivity (Wildman–Crippen MR) is 132 cm³/mol. The fourth-order valence-electron chi connectivity index (χ4n) is 5.02. The van der Waals surface area contributed by atoms with Crippen LogP contribution in [0.1, 0.15) is 55.2 Å². The molecular formula is C25H32N6O2S. The standard InChI is InChI=1S/C25H32N6O2S/c32-24(11-10-23-27-19-8-4-5-9-20(19)34-23)30-15-13-22-29-28-21(31(22)17-16-30)12-14-26-25(33)18-6-2-1-3-7-18/h4-5,8-9,18H,1-3,6-7,10-17H2,(H,26,33). The Morgan fingerprint density at radius 2 is 1.88 bits per heavy atom. The van der Waals surface area contributed by atoms with Crippen molar-refractivity contribution >= 4 is 33.4 Å². The van der Waals surface area contributed by atoms with Crippen molar-refractivity contribution in [2.45, 2.75) is 64.3 Å². The van der Waals surface area contributed by atoms with Gasteiger partial charge in [0.25, 0.3) is 0 Å². The number of carbonyl (C=O) groups is 2. The van der Waals surface area contributed by atoms with Crippen LogP contribution in [0.2, 0.25) is 0 Å². The zero-order chi connectivity index (χ0) is 23.3. The summed E-state index contributed by atoms with van der Waals surface area (Å²) in [5.41, 5.74) is 1.00. The van der Waals surface area contributed by atoms with Gasteiger partial charge in [0.1, 0.15) is 11.6 Å². The summed E-state index contributed by atoms with van der Waals surface area (Å²) in [5.74, 6) is 2.34. The van der Waals surface area contributed by atoms with Crippen LogP contribution in [0.3, 0.4) is 0 Å². The van der Waals surface area contributed by atoms with Crippen LogP contribution in [0.4, 0.5) is 0 Å². The molecule has 8 nitrogen and oxygen atoms in total. The first-order valence-corrected chi connectivity index (χ1v) is 13.3. The van der Waals surface area contributed by atoms with Gasteiger partial charge in [-0.05, 0) is 25.0 Å². The van der Waals surface area contributed by atoms with Crippen LogP contribution in [-0.4, -0.2) is 56.1 Å². The van der Waals surface area contributed by atoms with Crippen LogP contribution in [0.5, 0.6) is 0 Å². The lowest BCUT2D eigenvalue weighted by molar-refractivity contribution is -0.131. The maximum absolute atomic E-state index is 12.9. The molecule has 1 aliphatic heterocycles. The molecule has 1 aromatic carbocycles. The van der Waals surface area contributed by atoms with Crippen LogP contribution in [0.15, 0.2) is 24.3 Å². The maximum Gasteiger partial charge on any atom is 0.223 e. The summed E-state index contributed by atoms with van der Waals surface area (Å²) in [6.45, 7) is 2.60. The van der Waals surface area contributed by atoms with E-state index < -0.39 is 0 Å². The van der Waals surface area contributed by atoms with Crippen molar-refractivity contribution in [2.24, 2.45) is 5.92 Å². The highest BCUT2D eigenvalue weighted by molar-refractivity contribution is 7.18. The minimum Gasteiger partial charge on any atom is -0.355 e. The minimum atomic E-state index is 0.166. The molecule has 9 heteroatoms. The summed E-state index contributed by atoms with van der Waals surface area (Å²) in [5, 5.41) is 12.8. The lowest BCUT2D eigenvalue weighted by Crippen LogP contribution is -2.34. The molecule has 3 aromatic rings. The third kappa shape index (κ3) is 5.29. The molecule has 0 spiro atoms. The molecule has 34 heavy (non-hydrogen) atoms. The van der Waals surface area contributed by atoms with Crippen LogP contribution in [0.25, 0.3) is 10.2 Å². The smallest absolute Gasteiger partial charge is 0.223 e. The summed E-state index contributed by atoms with van der Waals surface area (Å²) < 4.78 is 3.30. The number of rotatable bonds is 7. The van der Waals surface area contributed by atoms with E-state index in [1.807, 2.05) is 23.1 Å². The Morgan fingerprint density at radius 1 is 1.03 bits per heavy atom. The van der Waals surface area contributed by atoms with Crippen molar-refractivity contribution in [3.63, 3.8) is 0 Å². The quantitative estimate of drug-likeness (QED) is 0.561. The van der Waals surface area contributed by atoms with Gasteiger partial charge in [0.2, 0.25) is 11.8 Å². The molecule has 5 rings (SSSR count). The van der Waals surface area contributed by atoms with Gasteiger partial charge in [0.05, 0.1) is 15.2 Å². The van der Waals surface area contributed by atoms with E-state index >= 15 is 0 Å². The first-order valence-electron chi connectivity index (χ1n) is 12.5. The molecular weight excluding hydrogens is 448 g/mol. The Labute approximate surface area is 203 Å². The van der Waals surface area contributed by atoms with Crippen molar-refractivity contribution in [2.75, 3.05) is 19.6 Å². The molecule has 0 saturated heterocycles. The number of fused-ring (bicyclic) bond motifs is 2. The van der Waals surface area contributed by atoms with Crippen molar-refractivity contribution in [1.29, 1.82) is 0 Å². The van der Waals surface area contributed by atoms with E-state index in [0.717, 1.165) is 47.9 Å². The van der Waals surface area contributed by atoms with Gasteiger partial charge in [-0.1, -0.05) is 31.4 Å². The van der Waals surface area contributed by atoms with E-state index in [1.54, 1.807) is 11.3 Å². The SMILES string of the molecule is O=C(NCCc1nnc2n1CCN(C(=O)CCc1nc3ccccc3s1)CC2)C1CCCCC1. The summed E-state index contributed by atoms with van der Waals surface area (Å²) in [6.07, 6.45) is 8.09. The van der Waals surface area contributed by atoms with Gasteiger partial charge in [-0.25, -0.2) is 4.98 Å². The number of thiazole rings is 1. The monoisotopic (exact) mass is 480 g/mol. The summed E-state index contributed by atoms with van der Waals surface area (Å²) in [6, 6.07) is 8.09. The van der Waals surface area contributed by atoms with Gasteiger partial charge >= 0.3 is 0 Å². The number of nitrogens with zero attached hydrogens (tertiary/aromatic N) is 5. The number of hydrogen-bond donors (Lipinski definition) is 1. The van der Waals surface area contributed by atoms with Crippen molar-refractivity contribution in [1.82, 2.24) is 30.0 Å². The maximum atomic E-state index is 12.9. The average molecular weight is 481 g/mol. The molecule has 0 atom stereocenters. The number of aryl methyl sites for hydroxylation is 1. The molecule has 2 amide bonds. The number of carbonyl (C=O) groups excluding carboxylic acids is 2. The molecule has 2 aromatic heterocycles. The van der Waals surface area contributed by atoms with Gasteiger partial charge in [-0.3, -0.25) is 9.59 Å². The normalized spacial score (nSPS) is 16.9. The molecule has 2 aliphatic rings. The number of hydrogen-bond acceptors (Lipinski definition) is 6. The second kappa shape index (κ2) is 10.6. The van der Waals surface area contributed by atoms with E-state index in [9.17, 15) is 9.59 Å². The van der Waals surface area contributed by atoms with Gasteiger partial charge in [0, 0.05) is 57.8 Å². The number of benzene rings is 1. The van der Waals surface area contributed by atoms with Gasteiger partial charge in [0.15, 0.2) is 0 Å². The lowest BCUT2D eigenvalue weighted by atomic mass is 9.89. The molecule has 1 N–H and O–H groups in total. The molecule has 0 unspecified atom stereocenters. The molecule has 180 valence electrons. The molecule has 3 heterocycles. The van der Waals surface area contributed by atoms with E-state index in [2.05, 4.69) is 31.1 Å². The second-order valence-electron chi connectivity index (χ2n) is 9.27. The molecule has 1 saturated carbocycles. The molecule has 1 aliphatic carbocycles. The van der Waals surface area contributed by atoms with Crippen LogP contribution < -0.4 is 5.32 Å². The molecule has 0 bridgehead atoms. The average Bonchev–Trinajstić information content (AvgIpc) is 3.40. The Bertz CT molecular complexity index is 1120. The van der Waals surface area contributed by atoms with Crippen LogP contribution >= 0.6 is 11.3 Å². The predicted octanol–water partition coefficient (Wildman–Crippen LogP) is 3.14. The van der Waals surface area contributed by atoms with E-state index in [0.29, 0.717) is 51.9 Å². The summed E-state index contributed by atoms with van der Waals surface area (Å²) in [4.78, 5) is 31.9. The molecule has 0 radical (unpaired) electrons. The van der Waals surface area contributed by atoms with Crippen molar-refractivity contribution < 1.29 is 9.59 Å². The highest BCUT2D eigenvalue weighted by atomic mass is 32.1. The summed E-state index contributed by atoms with van der Waals surface area (Å²) >= 11 is 1.67. The van der Waals surface area contributed by atoms with E-state index in [-0.39, 0.29) is 17.7 Å². The third-order valence-corrected chi connectivity index (χ3v) is 8.07. The third-order valence-electron chi connectivity index (χ3n) is 6.97. The topological polar surface area (TPSA) is 93.0 Å². The van der Waals surface area contributed by atoms with Gasteiger partial charge < -0.3 is 14.8 Å². The van der Waals surface area contributed by atoms with E-state index in [4.69, 9.17) is 0 Å². The lowest BCUT2D eigenvalue weighted by Gasteiger charge is -2.21. The Hall–Kier alpha value is -2.81. The largest absolute Gasteiger partial charge is 0.355 e. The number of nitrogens with one attached hydrogen (secondary N) is 1. The minimum absolute atomic E-state index is 0.166. The fraction of sp³-hybridized carbons (Fsp3) is 0.560. The number of para-hydroxylation sites is 1. The number of aromatic nitrogens is 4. The van der Waals surface area contributed by atoms with Gasteiger partial charge in [-0.15, -0.1) is 21.5 Å². The zero-order valence-corrected chi connectivity index (χ0v) is 20.4. The van der Waals surface area contributed by atoms with Crippen LogP contribution in [0, 0.1) is 5.92 Å².